The van der Waals surface area contributed by atoms with Gasteiger partial charge in [-0.2, -0.15) is 0 Å². The minimum atomic E-state index is -1.30. The van der Waals surface area contributed by atoms with Gasteiger partial charge in [0.25, 0.3) is 17.7 Å². The van der Waals surface area contributed by atoms with Gasteiger partial charge < -0.3 is 46.6 Å². The molecule has 91 heavy (non-hydrogen) atoms. The Morgan fingerprint density at radius 2 is 1.37 bits per heavy atom. The van der Waals surface area contributed by atoms with Crippen molar-refractivity contribution >= 4 is 121 Å². The molecule has 31 heteroatoms. The summed E-state index contributed by atoms with van der Waals surface area (Å²) in [6, 6.07) is 9.35. The fraction of sp³-hybridized carbons (Fsp3) is 0.383. The summed E-state index contributed by atoms with van der Waals surface area (Å²) in [6.45, 7) is 5.09. The molecule has 6 amide bonds. The molecule has 0 unspecified atom stereocenters. The fourth-order valence-electron chi connectivity index (χ4n) is 10.4. The number of aliphatic hydroxyl groups is 1. The van der Waals surface area contributed by atoms with Gasteiger partial charge in [0.15, 0.2) is 0 Å². The van der Waals surface area contributed by atoms with Crippen LogP contribution < -0.4 is 31.5 Å². The van der Waals surface area contributed by atoms with E-state index in [2.05, 4.69) is 26.6 Å². The third kappa shape index (κ3) is 15.4. The van der Waals surface area contributed by atoms with Crippen molar-refractivity contribution in [3.8, 4) is 43.4 Å². The number of unbranched alkanes of at least 4 members (excludes halogenated alkanes) is 1. The summed E-state index contributed by atoms with van der Waals surface area (Å²) in [5, 5.41) is 54.1. The molecule has 1 aliphatic carbocycles. The van der Waals surface area contributed by atoms with Crippen molar-refractivity contribution in [3.05, 3.63) is 111 Å². The molecule has 8 aromatic rings. The normalized spacial score (nSPS) is 18.5. The largest absolute Gasteiger partial charge is 0.481 e. The maximum atomic E-state index is 14.4. The van der Waals surface area contributed by atoms with E-state index in [0.29, 0.717) is 113 Å². The van der Waals surface area contributed by atoms with Gasteiger partial charge in [0, 0.05) is 65.0 Å². The number of fused-ring (bicyclic) bond motifs is 14. The van der Waals surface area contributed by atoms with Gasteiger partial charge in [0.2, 0.25) is 17.7 Å². The number of pyridine rings is 1. The summed E-state index contributed by atoms with van der Waals surface area (Å²) in [5.41, 5.74) is 2.46. The molecule has 0 radical (unpaired) electrons. The molecule has 7 aromatic heterocycles. The smallest absolute Gasteiger partial charge is 0.306 e. The number of amides is 6. The lowest BCUT2D eigenvalue weighted by molar-refractivity contribution is -0.144. The van der Waals surface area contributed by atoms with Crippen LogP contribution in [0.4, 0.5) is 5.82 Å². The SMILES string of the molecule is CNC(=O)C[C@@H]1NC(=O)c2csc(n2)-c2ccc(-c3nc(N(CCCCC(=O)O)C(=O)[C@H]4CC[C@H](C(=O)O)CC4)cs3)nc2-c2csc(n2)-c2csc(n2)[C@H]([C@@H](O)c2ccccc2)NC(=O)CNC(=O)c2nc(sc2COC)[C@H](C(C)C)NC(=O)c2nc1sc2C. The highest BCUT2D eigenvalue weighted by molar-refractivity contribution is 7.15. The minimum absolute atomic E-state index is 0.00122. The van der Waals surface area contributed by atoms with Crippen molar-refractivity contribution < 1.29 is 58.4 Å². The fourth-order valence-corrected chi connectivity index (χ4v) is 15.9. The van der Waals surface area contributed by atoms with Gasteiger partial charge in [-0.05, 0) is 69.1 Å². The van der Waals surface area contributed by atoms with E-state index in [0.717, 1.165) is 34.0 Å². The van der Waals surface area contributed by atoms with Gasteiger partial charge in [-0.3, -0.25) is 43.3 Å². The summed E-state index contributed by atoms with van der Waals surface area (Å²) in [7, 11) is 2.92. The second-order valence-corrected chi connectivity index (χ2v) is 27.7. The number of carbonyl (C=O) groups excluding carboxylic acids is 6. The number of anilines is 1. The van der Waals surface area contributed by atoms with Gasteiger partial charge in [-0.25, -0.2) is 34.9 Å². The van der Waals surface area contributed by atoms with Crippen LogP contribution in [-0.4, -0.2) is 125 Å². The average Bonchev–Trinajstić information content (AvgIpc) is 1.87. The first kappa shape index (κ1) is 65.8. The number of benzene rings is 1. The number of aliphatic hydroxyl groups excluding tert-OH is 1. The first-order valence-corrected chi connectivity index (χ1v) is 34.1. The molecular formula is C60H63N13O12S6. The summed E-state index contributed by atoms with van der Waals surface area (Å²) >= 11 is 7.08. The van der Waals surface area contributed by atoms with Gasteiger partial charge in [-0.15, -0.1) is 68.0 Å². The quantitative estimate of drug-likeness (QED) is 0.0419. The predicted molar refractivity (Wildman–Crippen MR) is 344 cm³/mol. The highest BCUT2D eigenvalue weighted by Crippen LogP contribution is 2.41. The number of aliphatic carboxylic acids is 2. The van der Waals surface area contributed by atoms with E-state index in [1.54, 1.807) is 75.8 Å². The highest BCUT2D eigenvalue weighted by Gasteiger charge is 2.36. The summed E-state index contributed by atoms with van der Waals surface area (Å²) in [5.74, 6) is -5.98. The van der Waals surface area contributed by atoms with Crippen LogP contribution in [-0.2, 0) is 35.3 Å². The van der Waals surface area contributed by atoms with Gasteiger partial charge in [0.1, 0.15) is 82.2 Å². The van der Waals surface area contributed by atoms with Gasteiger partial charge in [0.05, 0.1) is 48.1 Å². The molecule has 1 fully saturated rings. The van der Waals surface area contributed by atoms with Crippen LogP contribution in [0.25, 0.3) is 43.4 Å². The molecule has 1 saturated carbocycles. The number of rotatable bonds is 16. The third-order valence-corrected chi connectivity index (χ3v) is 20.9. The lowest BCUT2D eigenvalue weighted by Gasteiger charge is -2.30. The number of aromatic nitrogens is 7. The topological polar surface area (TPSA) is 360 Å². The van der Waals surface area contributed by atoms with Crippen LogP contribution in [0.15, 0.2) is 64.0 Å². The number of carbonyl (C=O) groups is 8. The first-order chi connectivity index (χ1) is 43.8. The molecule has 8 heterocycles. The Labute approximate surface area is 545 Å². The number of methoxy groups -OCH3 is 1. The third-order valence-electron chi connectivity index (χ3n) is 15.2. The lowest BCUT2D eigenvalue weighted by Crippen LogP contribution is -2.40. The Kier molecular flexibility index (Phi) is 21.3. The van der Waals surface area contributed by atoms with Crippen LogP contribution in [0, 0.1) is 24.7 Å². The molecular weight excluding hydrogens is 1290 g/mol. The van der Waals surface area contributed by atoms with E-state index in [-0.39, 0.29) is 59.9 Å². The van der Waals surface area contributed by atoms with Crippen LogP contribution >= 0.6 is 68.0 Å². The van der Waals surface area contributed by atoms with E-state index in [1.807, 2.05) is 13.8 Å². The Hall–Kier alpha value is -8.17. The number of carboxylic acid groups (broad SMARTS) is 2. The van der Waals surface area contributed by atoms with Crippen LogP contribution in [0.3, 0.4) is 0 Å². The van der Waals surface area contributed by atoms with E-state index in [4.69, 9.17) is 39.6 Å². The lowest BCUT2D eigenvalue weighted by atomic mass is 9.81. The average molecular weight is 1350 g/mol. The molecule has 1 aliphatic heterocycles. The number of nitrogens with zero attached hydrogens (tertiary/aromatic N) is 8. The van der Waals surface area contributed by atoms with E-state index in [1.165, 1.54) is 48.2 Å². The molecule has 2 aliphatic rings. The van der Waals surface area contributed by atoms with Crippen molar-refractivity contribution in [2.45, 2.75) is 103 Å². The number of ether oxygens (including phenoxy) is 1. The maximum absolute atomic E-state index is 14.4. The Morgan fingerprint density at radius 3 is 2.10 bits per heavy atom. The molecule has 0 saturated heterocycles. The van der Waals surface area contributed by atoms with Crippen molar-refractivity contribution in [2.24, 2.45) is 17.8 Å². The Balaban J connectivity index is 1.04. The number of thiazole rings is 6. The molecule has 10 rings (SSSR count). The maximum Gasteiger partial charge on any atom is 0.306 e. The zero-order chi connectivity index (χ0) is 64.6. The van der Waals surface area contributed by atoms with Crippen LogP contribution in [0.5, 0.6) is 0 Å². The van der Waals surface area contributed by atoms with Gasteiger partial charge in [-0.1, -0.05) is 44.2 Å². The molecule has 10 bridgehead atoms. The Morgan fingerprint density at radius 1 is 0.681 bits per heavy atom. The highest BCUT2D eigenvalue weighted by atomic mass is 32.1. The summed E-state index contributed by atoms with van der Waals surface area (Å²) in [6.07, 6.45) is 0.518. The number of carboxylic acids is 2. The predicted octanol–water partition coefficient (Wildman–Crippen LogP) is 8.79. The summed E-state index contributed by atoms with van der Waals surface area (Å²) in [4.78, 5) is 144. The summed E-state index contributed by atoms with van der Waals surface area (Å²) < 4.78 is 5.46. The van der Waals surface area contributed by atoms with Crippen LogP contribution in [0.1, 0.15) is 151 Å². The Bertz CT molecular complexity index is 4000. The molecule has 8 N–H and O–H groups in total. The van der Waals surface area contributed by atoms with Crippen molar-refractivity contribution in [2.75, 3.05) is 32.1 Å². The van der Waals surface area contributed by atoms with E-state index in [9.17, 15) is 53.7 Å². The van der Waals surface area contributed by atoms with Crippen LogP contribution in [0.2, 0.25) is 0 Å². The number of hydrogen-bond donors (Lipinski definition) is 8. The van der Waals surface area contributed by atoms with E-state index >= 15 is 0 Å². The molecule has 476 valence electrons. The minimum Gasteiger partial charge on any atom is -0.481 e. The molecule has 1 aromatic carbocycles. The van der Waals surface area contributed by atoms with Crippen molar-refractivity contribution in [1.29, 1.82) is 0 Å². The monoisotopic (exact) mass is 1350 g/mol. The number of nitrogens with one attached hydrogen (secondary N) is 5. The standard InChI is InChI=1S/C60H63N13O12S6/c1-28(2)44-58-72-47(39(91-58)23-85-5)51(80)62-22-42(75)69-48(49(78)30-11-7-6-8-12-30)57-67-38(26-88-57)55-65-36(24-87-55)46-33(53-66-37(25-86-53)50(79)64-35(21-41(74)61-4)56-71-45(29(3)90-56)52(81)70-44)18-19-34(63-46)54-68-40(27-89-54)73(20-10-9-13-43(76)77)59(82)31-14-16-32(17-15-31)60(83)84/h6-8,11-12,18-19,24-28,31-32,35,44,48-49,78H,9-10,13-17,20-23H2,1-5H3,(H,61,74)(H,62,80)(H,64,79)(H,69,75)(H,70,81)(H,76,77)(H,83,84)/t31-,32-,35-,44-,48-,49-/m0/s1. The van der Waals surface area contributed by atoms with Gasteiger partial charge >= 0.3 is 11.9 Å². The van der Waals surface area contributed by atoms with E-state index < -0.39 is 84.1 Å². The molecule has 25 nitrogen and oxygen atoms in total. The van der Waals surface area contributed by atoms with Crippen molar-refractivity contribution in [1.82, 2.24) is 61.5 Å². The zero-order valence-corrected chi connectivity index (χ0v) is 54.6. The number of aryl methyl sites for hydroxylation is 1. The zero-order valence-electron chi connectivity index (χ0n) is 49.7. The second-order valence-electron chi connectivity index (χ2n) is 21.9. The first-order valence-electron chi connectivity index (χ1n) is 29.0. The second kappa shape index (κ2) is 29.4. The number of hydrogen-bond acceptors (Lipinski definition) is 23. The van der Waals surface area contributed by atoms with Crippen molar-refractivity contribution in [3.63, 3.8) is 0 Å². The molecule has 0 spiro atoms. The molecule has 4 atom stereocenters.